The van der Waals surface area contributed by atoms with Crippen LogP contribution in [0.5, 0.6) is 0 Å². The third-order valence-electron chi connectivity index (χ3n) is 6.00. The molecule has 2 N–H and O–H groups in total. The molecular formula is C21H41F7N2O10Si2. The number of hydrogen-bond donors (Lipinski definition) is 2. The van der Waals surface area contributed by atoms with Crippen LogP contribution in [0.2, 0.25) is 12.1 Å². The van der Waals surface area contributed by atoms with E-state index in [2.05, 4.69) is 4.74 Å². The molecule has 0 aliphatic carbocycles. The number of aliphatic hydroxyl groups excluding tert-OH is 1. The van der Waals surface area contributed by atoms with Crippen molar-refractivity contribution >= 4 is 23.5 Å². The molecular weight excluding hydrogens is 629 g/mol. The molecule has 0 radical (unpaired) electrons. The molecule has 21 heteroatoms. The van der Waals surface area contributed by atoms with E-state index in [0.29, 0.717) is 18.9 Å². The molecule has 0 heterocycles. The zero-order valence-electron chi connectivity index (χ0n) is 24.4. The molecule has 0 bridgehead atoms. The Kier molecular flexibility index (Phi) is 18.3. The highest BCUT2D eigenvalue weighted by atomic mass is 28.4. The standard InChI is InChI=1S/C21H41F7N2O10Si2/c1-33-41(34-2,35-3)13-7-10-30(15-17(31)16-39-12-8-14-42(36-4,37-5)38-6)11-9-29-18(32)19(22,20(23,24)25)40-21(26,27)28/h17,31H,7-16H2,1-6H3,(H,29,32). The lowest BCUT2D eigenvalue weighted by Gasteiger charge is -2.29. The molecule has 12 nitrogen and oxygen atoms in total. The molecule has 0 aliphatic rings. The fraction of sp³-hybridized carbons (Fsp3) is 0.952. The van der Waals surface area contributed by atoms with Crippen molar-refractivity contribution < 1.29 is 76.7 Å². The van der Waals surface area contributed by atoms with Gasteiger partial charge in [-0.2, -0.15) is 17.6 Å². The van der Waals surface area contributed by atoms with Crippen molar-refractivity contribution in [3.8, 4) is 0 Å². The average molecular weight is 671 g/mol. The third kappa shape index (κ3) is 13.8. The number of halogens is 7. The van der Waals surface area contributed by atoms with E-state index in [1.54, 1.807) is 0 Å². The lowest BCUT2D eigenvalue weighted by molar-refractivity contribution is -0.432. The highest BCUT2D eigenvalue weighted by Gasteiger charge is 2.68. The maximum absolute atomic E-state index is 14.1. The van der Waals surface area contributed by atoms with E-state index < -0.39 is 54.6 Å². The normalized spacial score (nSPS) is 15.6. The Morgan fingerprint density at radius 2 is 1.29 bits per heavy atom. The van der Waals surface area contributed by atoms with Crippen LogP contribution >= 0.6 is 0 Å². The van der Waals surface area contributed by atoms with Crippen LogP contribution in [0.1, 0.15) is 12.8 Å². The van der Waals surface area contributed by atoms with Crippen molar-refractivity contribution in [3.05, 3.63) is 0 Å². The topological polar surface area (TPSA) is 126 Å². The molecule has 0 spiro atoms. The van der Waals surface area contributed by atoms with Crippen molar-refractivity contribution in [2.75, 3.05) is 82.1 Å². The summed E-state index contributed by atoms with van der Waals surface area (Å²) in [5.41, 5.74) is 0. The van der Waals surface area contributed by atoms with Gasteiger partial charge in [-0.15, -0.1) is 13.2 Å². The summed E-state index contributed by atoms with van der Waals surface area (Å²) in [4.78, 5) is 13.3. The molecule has 42 heavy (non-hydrogen) atoms. The Labute approximate surface area is 242 Å². The summed E-state index contributed by atoms with van der Waals surface area (Å²) in [6.07, 6.45) is -12.7. The first-order chi connectivity index (χ1) is 19.4. The average Bonchev–Trinajstić information content (AvgIpc) is 2.92. The van der Waals surface area contributed by atoms with Gasteiger partial charge in [0.05, 0.1) is 12.7 Å². The minimum atomic E-state index is -6.31. The number of aliphatic hydroxyl groups is 1. The zero-order chi connectivity index (χ0) is 32.7. The summed E-state index contributed by atoms with van der Waals surface area (Å²) in [6.45, 7) is -0.915. The number of hydrogen-bond acceptors (Lipinski definition) is 11. The minimum absolute atomic E-state index is 0.122. The number of nitrogens with one attached hydrogen (secondary N) is 1. The third-order valence-corrected chi connectivity index (χ3v) is 11.7. The number of rotatable bonds is 23. The number of ether oxygens (including phenoxy) is 2. The summed E-state index contributed by atoms with van der Waals surface area (Å²) >= 11 is 0. The fourth-order valence-corrected chi connectivity index (χ4v) is 7.11. The van der Waals surface area contributed by atoms with Crippen LogP contribution in [-0.4, -0.2) is 140 Å². The van der Waals surface area contributed by atoms with Crippen molar-refractivity contribution in [1.82, 2.24) is 10.2 Å². The number of nitrogens with zero attached hydrogens (tertiary/aromatic N) is 1. The van der Waals surface area contributed by atoms with Crippen molar-refractivity contribution in [2.24, 2.45) is 0 Å². The molecule has 0 fully saturated rings. The van der Waals surface area contributed by atoms with Crippen LogP contribution in [0.25, 0.3) is 0 Å². The van der Waals surface area contributed by atoms with Crippen LogP contribution in [0.15, 0.2) is 0 Å². The Balaban J connectivity index is 5.23. The monoisotopic (exact) mass is 670 g/mol. The Hall–Kier alpha value is -0.986. The van der Waals surface area contributed by atoms with Crippen LogP contribution in [0.3, 0.4) is 0 Å². The summed E-state index contributed by atoms with van der Waals surface area (Å²) in [7, 11) is 2.73. The Bertz CT molecular complexity index is 749. The van der Waals surface area contributed by atoms with Gasteiger partial charge in [0.2, 0.25) is 0 Å². The lowest BCUT2D eigenvalue weighted by atomic mass is 10.2. The Morgan fingerprint density at radius 1 is 0.810 bits per heavy atom. The van der Waals surface area contributed by atoms with Crippen LogP contribution in [0.4, 0.5) is 30.7 Å². The van der Waals surface area contributed by atoms with Gasteiger partial charge in [0.1, 0.15) is 0 Å². The number of amides is 1. The molecule has 0 aromatic carbocycles. The number of carbonyl (C=O) groups excluding carboxylic acids is 1. The van der Waals surface area contributed by atoms with E-state index in [1.807, 2.05) is 0 Å². The highest BCUT2D eigenvalue weighted by Crippen LogP contribution is 2.39. The van der Waals surface area contributed by atoms with Crippen LogP contribution < -0.4 is 5.32 Å². The SMILES string of the molecule is CO[Si](CCCOCC(O)CN(CCC[Si](OC)(OC)OC)CCNC(=O)C(F)(OC(F)(F)F)C(F)(F)F)(OC)OC. The van der Waals surface area contributed by atoms with Gasteiger partial charge in [0.25, 0.3) is 5.91 Å². The van der Waals surface area contributed by atoms with E-state index in [4.69, 9.17) is 31.3 Å². The summed E-state index contributed by atoms with van der Waals surface area (Å²) in [5, 5.41) is 11.9. The maximum atomic E-state index is 14.1. The number of carbonyl (C=O) groups is 1. The van der Waals surface area contributed by atoms with Gasteiger partial charge in [-0.3, -0.25) is 9.69 Å². The predicted molar refractivity (Wildman–Crippen MR) is 136 cm³/mol. The summed E-state index contributed by atoms with van der Waals surface area (Å²) in [6, 6.07) is 0.728. The van der Waals surface area contributed by atoms with Gasteiger partial charge >= 0.3 is 36.0 Å². The smallest absolute Gasteiger partial charge is 0.389 e. The molecule has 2 atom stereocenters. The zero-order valence-corrected chi connectivity index (χ0v) is 26.4. The van der Waals surface area contributed by atoms with Gasteiger partial charge in [-0.1, -0.05) is 0 Å². The quantitative estimate of drug-likeness (QED) is 0.0943. The molecule has 0 saturated heterocycles. The first kappa shape index (κ1) is 41.0. The second-order valence-electron chi connectivity index (χ2n) is 8.72. The first-order valence-corrected chi connectivity index (χ1v) is 16.4. The van der Waals surface area contributed by atoms with Crippen LogP contribution in [-0.2, 0) is 40.8 Å². The van der Waals surface area contributed by atoms with Crippen molar-refractivity contribution in [3.63, 3.8) is 0 Å². The van der Waals surface area contributed by atoms with Gasteiger partial charge in [-0.05, 0) is 19.4 Å². The van der Waals surface area contributed by atoms with E-state index in [1.165, 1.54) is 52.9 Å². The van der Waals surface area contributed by atoms with Crippen molar-refractivity contribution in [1.29, 1.82) is 0 Å². The molecule has 252 valence electrons. The van der Waals surface area contributed by atoms with Gasteiger partial charge in [0.15, 0.2) is 0 Å². The van der Waals surface area contributed by atoms with E-state index in [0.717, 1.165) is 0 Å². The summed E-state index contributed by atoms with van der Waals surface area (Å²) < 4.78 is 130. The Morgan fingerprint density at radius 3 is 1.71 bits per heavy atom. The molecule has 2 unspecified atom stereocenters. The van der Waals surface area contributed by atoms with E-state index in [-0.39, 0.29) is 38.9 Å². The maximum Gasteiger partial charge on any atom is 0.525 e. The van der Waals surface area contributed by atoms with Gasteiger partial charge < -0.3 is 41.7 Å². The summed E-state index contributed by atoms with van der Waals surface area (Å²) in [5.74, 6) is -8.33. The van der Waals surface area contributed by atoms with E-state index >= 15 is 0 Å². The fourth-order valence-electron chi connectivity index (χ4n) is 3.72. The molecule has 0 aromatic heterocycles. The largest absolute Gasteiger partial charge is 0.525 e. The second kappa shape index (κ2) is 18.7. The highest BCUT2D eigenvalue weighted by molar-refractivity contribution is 6.60. The van der Waals surface area contributed by atoms with Gasteiger partial charge in [-0.25, -0.2) is 4.74 Å². The van der Waals surface area contributed by atoms with Gasteiger partial charge in [0, 0.05) is 81.0 Å². The first-order valence-electron chi connectivity index (χ1n) is 12.5. The molecule has 0 aliphatic heterocycles. The minimum Gasteiger partial charge on any atom is -0.389 e. The second-order valence-corrected chi connectivity index (χ2v) is 14.9. The molecule has 0 aromatic rings. The van der Waals surface area contributed by atoms with Crippen LogP contribution in [0, 0.1) is 0 Å². The molecule has 0 saturated carbocycles. The predicted octanol–water partition coefficient (Wildman–Crippen LogP) is 2.08. The number of alkyl halides is 7. The van der Waals surface area contributed by atoms with Crippen molar-refractivity contribution in [2.45, 2.75) is 49.4 Å². The van der Waals surface area contributed by atoms with E-state index in [9.17, 15) is 40.6 Å². The molecule has 1 amide bonds. The molecule has 0 rings (SSSR count). The lowest BCUT2D eigenvalue weighted by Crippen LogP contribution is -2.58.